The van der Waals surface area contributed by atoms with Crippen molar-refractivity contribution in [2.75, 3.05) is 13.6 Å². The fraction of sp³-hybridized carbons (Fsp3) is 0.500. The smallest absolute Gasteiger partial charge is 0.130 e. The van der Waals surface area contributed by atoms with Crippen LogP contribution in [-0.2, 0) is 0 Å². The van der Waals surface area contributed by atoms with Gasteiger partial charge in [0.2, 0.25) is 0 Å². The lowest BCUT2D eigenvalue weighted by molar-refractivity contribution is -0.810. The summed E-state index contributed by atoms with van der Waals surface area (Å²) in [5.41, 5.74) is 2.74. The maximum absolute atomic E-state index is 2.24. The van der Waals surface area contributed by atoms with E-state index in [-0.39, 0.29) is 0 Å². The fourth-order valence-corrected chi connectivity index (χ4v) is 1.42. The van der Waals surface area contributed by atoms with Gasteiger partial charge in [-0.1, -0.05) is 31.0 Å². The molecule has 0 aliphatic rings. The minimum absolute atomic E-state index is 1.24. The van der Waals surface area contributed by atoms with E-state index in [1.807, 2.05) is 0 Å². The van der Waals surface area contributed by atoms with E-state index < -0.39 is 0 Å². The molecule has 0 aromatic heterocycles. The van der Waals surface area contributed by atoms with Crippen molar-refractivity contribution >= 4 is 5.69 Å². The molecule has 0 fully saturated rings. The van der Waals surface area contributed by atoms with Crippen molar-refractivity contribution in [2.24, 2.45) is 0 Å². The summed E-state index contributed by atoms with van der Waals surface area (Å²) in [5.74, 6) is 0. The Kier molecular flexibility index (Phi) is 3.97. The maximum Gasteiger partial charge on any atom is 0.130 e. The molecule has 1 N–H and O–H groups in total. The molecule has 1 nitrogen and oxygen atoms in total. The molecular formula is C12H20N+. The first-order valence-corrected chi connectivity index (χ1v) is 5.13. The van der Waals surface area contributed by atoms with E-state index in [2.05, 4.69) is 45.2 Å². The van der Waals surface area contributed by atoms with Gasteiger partial charge in [-0.05, 0) is 25.5 Å². The Morgan fingerprint density at radius 3 is 2.31 bits per heavy atom. The lowest BCUT2D eigenvalue weighted by Crippen LogP contribution is -3.03. The lowest BCUT2D eigenvalue weighted by Gasteiger charge is -2.12. The van der Waals surface area contributed by atoms with Crippen molar-refractivity contribution in [3.63, 3.8) is 0 Å². The summed E-state index contributed by atoms with van der Waals surface area (Å²) in [7, 11) is 2.24. The highest BCUT2D eigenvalue weighted by molar-refractivity contribution is 5.31. The average Bonchev–Trinajstić information content (AvgIpc) is 2.15. The molecule has 1 unspecified atom stereocenters. The van der Waals surface area contributed by atoms with Crippen LogP contribution in [0.25, 0.3) is 0 Å². The molecule has 0 aliphatic heterocycles. The molecule has 1 atom stereocenters. The summed E-state index contributed by atoms with van der Waals surface area (Å²) >= 11 is 0. The van der Waals surface area contributed by atoms with Crippen LogP contribution in [0.5, 0.6) is 0 Å². The summed E-state index contributed by atoms with van der Waals surface area (Å²) in [6.45, 7) is 5.60. The van der Waals surface area contributed by atoms with Crippen molar-refractivity contribution in [2.45, 2.75) is 26.7 Å². The quantitative estimate of drug-likeness (QED) is 0.718. The van der Waals surface area contributed by atoms with E-state index in [1.54, 1.807) is 0 Å². The highest BCUT2D eigenvalue weighted by Crippen LogP contribution is 2.03. The van der Waals surface area contributed by atoms with Gasteiger partial charge in [-0.2, -0.15) is 0 Å². The number of quaternary nitrogens is 1. The van der Waals surface area contributed by atoms with Crippen LogP contribution in [0.2, 0.25) is 0 Å². The topological polar surface area (TPSA) is 4.44 Å². The highest BCUT2D eigenvalue weighted by Gasteiger charge is 2.03. The Bertz CT molecular complexity index is 238. The third-order valence-corrected chi connectivity index (χ3v) is 2.45. The molecule has 0 spiro atoms. The van der Waals surface area contributed by atoms with E-state index >= 15 is 0 Å². The van der Waals surface area contributed by atoms with Crippen molar-refractivity contribution in [3.8, 4) is 0 Å². The predicted molar refractivity (Wildman–Crippen MR) is 57.5 cm³/mol. The van der Waals surface area contributed by atoms with Crippen molar-refractivity contribution < 1.29 is 4.90 Å². The first-order valence-electron chi connectivity index (χ1n) is 5.13. The van der Waals surface area contributed by atoms with E-state index in [0.29, 0.717) is 0 Å². The number of hydrogen-bond acceptors (Lipinski definition) is 0. The van der Waals surface area contributed by atoms with Crippen LogP contribution in [0.4, 0.5) is 5.69 Å². The number of nitrogens with one attached hydrogen (secondary N) is 1. The van der Waals surface area contributed by atoms with Gasteiger partial charge in [0.25, 0.3) is 0 Å². The molecule has 0 radical (unpaired) electrons. The largest absolute Gasteiger partial charge is 0.305 e. The van der Waals surface area contributed by atoms with Gasteiger partial charge in [0.05, 0.1) is 13.6 Å². The van der Waals surface area contributed by atoms with Gasteiger partial charge in [0.15, 0.2) is 0 Å². The summed E-state index contributed by atoms with van der Waals surface area (Å²) in [4.78, 5) is 1.52. The molecule has 72 valence electrons. The predicted octanol–water partition coefficient (Wildman–Crippen LogP) is 1.94. The Morgan fingerprint density at radius 1 is 1.15 bits per heavy atom. The maximum atomic E-state index is 2.24. The Hall–Kier alpha value is -0.820. The summed E-state index contributed by atoms with van der Waals surface area (Å²) in [5, 5.41) is 0. The molecule has 1 heteroatoms. The van der Waals surface area contributed by atoms with E-state index in [1.165, 1.54) is 35.5 Å². The second-order valence-electron chi connectivity index (χ2n) is 3.75. The molecule has 1 rings (SSSR count). The van der Waals surface area contributed by atoms with Crippen LogP contribution in [0.3, 0.4) is 0 Å². The van der Waals surface area contributed by atoms with E-state index in [0.717, 1.165) is 0 Å². The molecule has 1 aromatic rings. The van der Waals surface area contributed by atoms with Crippen molar-refractivity contribution in [3.05, 3.63) is 29.8 Å². The molecule has 1 aromatic carbocycles. The van der Waals surface area contributed by atoms with Gasteiger partial charge >= 0.3 is 0 Å². The van der Waals surface area contributed by atoms with Crippen molar-refractivity contribution in [1.29, 1.82) is 0 Å². The van der Waals surface area contributed by atoms with Crippen LogP contribution in [-0.4, -0.2) is 13.6 Å². The molecule has 0 saturated heterocycles. The molecule has 0 heterocycles. The number of unbranched alkanes of at least 4 members (excludes halogenated alkanes) is 1. The molecule has 13 heavy (non-hydrogen) atoms. The standard InChI is InChI=1S/C12H19N/c1-4-5-10-13(3)12-8-6-11(2)7-9-12/h6-9H,4-5,10H2,1-3H3/p+1. The lowest BCUT2D eigenvalue weighted by atomic mass is 10.2. The first-order chi connectivity index (χ1) is 6.24. The number of aryl methyl sites for hydroxylation is 1. The molecule has 0 amide bonds. The monoisotopic (exact) mass is 178 g/mol. The number of benzene rings is 1. The Morgan fingerprint density at radius 2 is 1.77 bits per heavy atom. The van der Waals surface area contributed by atoms with Gasteiger partial charge < -0.3 is 4.90 Å². The van der Waals surface area contributed by atoms with Gasteiger partial charge in [0, 0.05) is 0 Å². The van der Waals surface area contributed by atoms with Gasteiger partial charge in [-0.3, -0.25) is 0 Å². The fourth-order valence-electron chi connectivity index (χ4n) is 1.42. The van der Waals surface area contributed by atoms with Crippen LogP contribution in [0.15, 0.2) is 24.3 Å². The zero-order chi connectivity index (χ0) is 9.68. The first kappa shape index (κ1) is 10.3. The molecule has 0 saturated carbocycles. The van der Waals surface area contributed by atoms with Crippen LogP contribution < -0.4 is 4.90 Å². The zero-order valence-corrected chi connectivity index (χ0v) is 8.93. The van der Waals surface area contributed by atoms with Crippen molar-refractivity contribution in [1.82, 2.24) is 0 Å². The SMILES string of the molecule is CCCC[NH+](C)c1ccc(C)cc1. The van der Waals surface area contributed by atoms with Gasteiger partial charge in [-0.25, -0.2) is 0 Å². The third kappa shape index (κ3) is 3.19. The molecule has 0 bridgehead atoms. The van der Waals surface area contributed by atoms with E-state index in [9.17, 15) is 0 Å². The van der Waals surface area contributed by atoms with Crippen LogP contribution >= 0.6 is 0 Å². The van der Waals surface area contributed by atoms with E-state index in [4.69, 9.17) is 0 Å². The molecular weight excluding hydrogens is 158 g/mol. The third-order valence-electron chi connectivity index (χ3n) is 2.45. The minimum Gasteiger partial charge on any atom is -0.305 e. The second-order valence-corrected chi connectivity index (χ2v) is 3.75. The Labute approximate surface area is 81.4 Å². The average molecular weight is 178 g/mol. The zero-order valence-electron chi connectivity index (χ0n) is 8.93. The number of rotatable bonds is 4. The summed E-state index contributed by atoms with van der Waals surface area (Å²) in [6, 6.07) is 8.82. The van der Waals surface area contributed by atoms with Crippen LogP contribution in [0, 0.1) is 6.92 Å². The Balaban J connectivity index is 2.55. The summed E-state index contributed by atoms with van der Waals surface area (Å²) < 4.78 is 0. The highest BCUT2D eigenvalue weighted by atomic mass is 15.1. The minimum atomic E-state index is 1.24. The normalized spacial score (nSPS) is 12.8. The second kappa shape index (κ2) is 5.03. The summed E-state index contributed by atoms with van der Waals surface area (Å²) in [6.07, 6.45) is 2.59. The molecule has 0 aliphatic carbocycles. The van der Waals surface area contributed by atoms with Gasteiger partial charge in [0.1, 0.15) is 5.69 Å². The number of hydrogen-bond donors (Lipinski definition) is 1. The van der Waals surface area contributed by atoms with Gasteiger partial charge in [-0.15, -0.1) is 0 Å². The van der Waals surface area contributed by atoms with Crippen LogP contribution in [0.1, 0.15) is 25.3 Å².